The van der Waals surface area contributed by atoms with Gasteiger partial charge >= 0.3 is 0 Å². The zero-order valence-electron chi connectivity index (χ0n) is 17.6. The summed E-state index contributed by atoms with van der Waals surface area (Å²) >= 11 is 0. The molecule has 0 spiro atoms. The predicted molar refractivity (Wildman–Crippen MR) is 121 cm³/mol. The van der Waals surface area contributed by atoms with Gasteiger partial charge in [0.05, 0.1) is 19.9 Å². The van der Waals surface area contributed by atoms with E-state index >= 15 is 0 Å². The summed E-state index contributed by atoms with van der Waals surface area (Å²) in [6.45, 7) is 0. The highest BCUT2D eigenvalue weighted by atomic mass is 16.5. The molecule has 7 heteroatoms. The van der Waals surface area contributed by atoms with Crippen molar-refractivity contribution in [3.8, 4) is 34.4 Å². The third-order valence-electron chi connectivity index (χ3n) is 4.64. The largest absolute Gasteiger partial charge is 0.497 e. The van der Waals surface area contributed by atoms with E-state index in [0.717, 1.165) is 11.3 Å². The Morgan fingerprint density at radius 2 is 1.53 bits per heavy atom. The molecule has 3 aromatic carbocycles. The molecule has 0 atom stereocenters. The van der Waals surface area contributed by atoms with Crippen LogP contribution in [0.1, 0.15) is 10.4 Å². The molecule has 0 unspecified atom stereocenters. The molecule has 0 fully saturated rings. The molecule has 7 nitrogen and oxygen atoms in total. The van der Waals surface area contributed by atoms with E-state index < -0.39 is 0 Å². The molecule has 0 radical (unpaired) electrons. The van der Waals surface area contributed by atoms with Crippen molar-refractivity contribution in [3.05, 3.63) is 90.8 Å². The lowest BCUT2D eigenvalue weighted by Gasteiger charge is -2.11. The first-order valence-corrected chi connectivity index (χ1v) is 9.84. The SMILES string of the molecule is COc1cc(NC(=O)c2cccc(Oc3cc(-c4ccccc4)ncn3)c2)cc(OC)c1. The Bertz CT molecular complexity index is 1210. The molecule has 1 N–H and O–H groups in total. The van der Waals surface area contributed by atoms with Crippen molar-refractivity contribution < 1.29 is 19.0 Å². The van der Waals surface area contributed by atoms with Gasteiger partial charge in [0.1, 0.15) is 23.6 Å². The van der Waals surface area contributed by atoms with Crippen LogP contribution in [-0.2, 0) is 0 Å². The molecule has 32 heavy (non-hydrogen) atoms. The van der Waals surface area contributed by atoms with Crippen LogP contribution >= 0.6 is 0 Å². The Hall–Kier alpha value is -4.39. The van der Waals surface area contributed by atoms with Crippen LogP contribution in [0.3, 0.4) is 0 Å². The second-order valence-electron chi connectivity index (χ2n) is 6.79. The van der Waals surface area contributed by atoms with Crippen LogP contribution in [0.2, 0.25) is 0 Å². The van der Waals surface area contributed by atoms with Crippen LogP contribution in [0.4, 0.5) is 5.69 Å². The van der Waals surface area contributed by atoms with Gasteiger partial charge in [-0.15, -0.1) is 0 Å². The quantitative estimate of drug-likeness (QED) is 0.436. The number of nitrogens with zero attached hydrogens (tertiary/aromatic N) is 2. The van der Waals surface area contributed by atoms with Crippen molar-refractivity contribution in [2.45, 2.75) is 0 Å². The number of anilines is 1. The predicted octanol–water partition coefficient (Wildman–Crippen LogP) is 5.21. The van der Waals surface area contributed by atoms with Gasteiger partial charge in [0.25, 0.3) is 5.91 Å². The fourth-order valence-electron chi connectivity index (χ4n) is 3.07. The first-order chi connectivity index (χ1) is 15.6. The van der Waals surface area contributed by atoms with Crippen LogP contribution in [0.15, 0.2) is 85.2 Å². The molecule has 0 saturated heterocycles. The topological polar surface area (TPSA) is 82.6 Å². The second-order valence-corrected chi connectivity index (χ2v) is 6.79. The van der Waals surface area contributed by atoms with Crippen LogP contribution in [0, 0.1) is 0 Å². The van der Waals surface area contributed by atoms with Crippen LogP contribution < -0.4 is 19.5 Å². The zero-order valence-corrected chi connectivity index (χ0v) is 17.6. The number of hydrogen-bond acceptors (Lipinski definition) is 6. The summed E-state index contributed by atoms with van der Waals surface area (Å²) in [5, 5.41) is 2.85. The van der Waals surface area contributed by atoms with Gasteiger partial charge in [0.15, 0.2) is 0 Å². The molecular formula is C25H21N3O4. The van der Waals surface area contributed by atoms with Crippen molar-refractivity contribution in [2.24, 2.45) is 0 Å². The summed E-state index contributed by atoms with van der Waals surface area (Å²) in [6, 6.07) is 23.5. The Kier molecular flexibility index (Phi) is 6.27. The number of rotatable bonds is 7. The van der Waals surface area contributed by atoms with E-state index in [1.54, 1.807) is 62.8 Å². The highest BCUT2D eigenvalue weighted by molar-refractivity contribution is 6.04. The second kappa shape index (κ2) is 9.61. The van der Waals surface area contributed by atoms with E-state index in [9.17, 15) is 4.79 Å². The Morgan fingerprint density at radius 1 is 0.781 bits per heavy atom. The van der Waals surface area contributed by atoms with Gasteiger partial charge < -0.3 is 19.5 Å². The third-order valence-corrected chi connectivity index (χ3v) is 4.64. The molecule has 4 rings (SSSR count). The van der Waals surface area contributed by atoms with Crippen molar-refractivity contribution in [1.82, 2.24) is 9.97 Å². The van der Waals surface area contributed by atoms with Crippen molar-refractivity contribution in [3.63, 3.8) is 0 Å². The van der Waals surface area contributed by atoms with E-state index in [1.807, 2.05) is 30.3 Å². The molecule has 0 aliphatic carbocycles. The van der Waals surface area contributed by atoms with Crippen LogP contribution in [0.5, 0.6) is 23.1 Å². The van der Waals surface area contributed by atoms with Crippen molar-refractivity contribution in [2.75, 3.05) is 19.5 Å². The molecule has 160 valence electrons. The van der Waals surface area contributed by atoms with Gasteiger partial charge in [-0.2, -0.15) is 0 Å². The number of carbonyl (C=O) groups is 1. The average molecular weight is 427 g/mol. The molecule has 0 bridgehead atoms. The Labute approximate surface area is 185 Å². The smallest absolute Gasteiger partial charge is 0.255 e. The summed E-state index contributed by atoms with van der Waals surface area (Å²) in [6.07, 6.45) is 1.45. The number of aromatic nitrogens is 2. The van der Waals surface area contributed by atoms with Gasteiger partial charge in [-0.25, -0.2) is 9.97 Å². The molecule has 0 aliphatic heterocycles. The fourth-order valence-corrected chi connectivity index (χ4v) is 3.07. The lowest BCUT2D eigenvalue weighted by atomic mass is 10.1. The van der Waals surface area contributed by atoms with E-state index in [1.165, 1.54) is 6.33 Å². The summed E-state index contributed by atoms with van der Waals surface area (Å²) < 4.78 is 16.4. The Morgan fingerprint density at radius 3 is 2.25 bits per heavy atom. The van der Waals surface area contributed by atoms with Gasteiger partial charge in [0, 0.05) is 41.1 Å². The van der Waals surface area contributed by atoms with E-state index in [2.05, 4.69) is 15.3 Å². The molecule has 1 amide bonds. The average Bonchev–Trinajstić information content (AvgIpc) is 2.84. The normalized spacial score (nSPS) is 10.3. The molecule has 4 aromatic rings. The Balaban J connectivity index is 1.51. The number of carbonyl (C=O) groups excluding carboxylic acids is 1. The molecule has 0 aliphatic rings. The molecule has 1 heterocycles. The number of ether oxygens (including phenoxy) is 3. The number of amides is 1. The fraction of sp³-hybridized carbons (Fsp3) is 0.0800. The number of benzene rings is 3. The van der Waals surface area contributed by atoms with Gasteiger partial charge in [-0.05, 0) is 18.2 Å². The van der Waals surface area contributed by atoms with Crippen molar-refractivity contribution >= 4 is 11.6 Å². The maximum absolute atomic E-state index is 12.8. The number of methoxy groups -OCH3 is 2. The maximum Gasteiger partial charge on any atom is 0.255 e. The van der Waals surface area contributed by atoms with E-state index in [0.29, 0.717) is 34.4 Å². The summed E-state index contributed by atoms with van der Waals surface area (Å²) in [5.41, 5.74) is 2.69. The number of nitrogens with one attached hydrogen (secondary N) is 1. The third kappa shape index (κ3) is 5.02. The van der Waals surface area contributed by atoms with Crippen LogP contribution in [-0.4, -0.2) is 30.1 Å². The first-order valence-electron chi connectivity index (χ1n) is 9.84. The van der Waals surface area contributed by atoms with Crippen molar-refractivity contribution in [1.29, 1.82) is 0 Å². The molecule has 0 saturated carbocycles. The maximum atomic E-state index is 12.8. The zero-order chi connectivity index (χ0) is 22.3. The molecular weight excluding hydrogens is 406 g/mol. The monoisotopic (exact) mass is 427 g/mol. The lowest BCUT2D eigenvalue weighted by Crippen LogP contribution is -2.12. The first kappa shape index (κ1) is 20.9. The minimum atomic E-state index is -0.293. The summed E-state index contributed by atoms with van der Waals surface area (Å²) in [4.78, 5) is 21.3. The molecule has 1 aromatic heterocycles. The van der Waals surface area contributed by atoms with E-state index in [4.69, 9.17) is 14.2 Å². The van der Waals surface area contributed by atoms with Gasteiger partial charge in [-0.3, -0.25) is 4.79 Å². The standard InChI is InChI=1S/C25H21N3O4/c1-30-21-12-19(13-22(14-21)31-2)28-25(29)18-9-6-10-20(11-18)32-24-15-23(26-16-27-24)17-7-4-3-5-8-17/h3-16H,1-2H3,(H,28,29). The minimum Gasteiger partial charge on any atom is -0.497 e. The van der Waals surface area contributed by atoms with Gasteiger partial charge in [0.2, 0.25) is 5.88 Å². The lowest BCUT2D eigenvalue weighted by molar-refractivity contribution is 0.102. The summed E-state index contributed by atoms with van der Waals surface area (Å²) in [7, 11) is 3.11. The highest BCUT2D eigenvalue weighted by Crippen LogP contribution is 2.27. The summed E-state index contributed by atoms with van der Waals surface area (Å²) in [5.74, 6) is 1.73. The highest BCUT2D eigenvalue weighted by Gasteiger charge is 2.11. The van der Waals surface area contributed by atoms with Gasteiger partial charge in [-0.1, -0.05) is 36.4 Å². The minimum absolute atomic E-state index is 0.293. The van der Waals surface area contributed by atoms with E-state index in [-0.39, 0.29) is 5.91 Å². The number of hydrogen-bond donors (Lipinski definition) is 1. The van der Waals surface area contributed by atoms with Crippen LogP contribution in [0.25, 0.3) is 11.3 Å².